The van der Waals surface area contributed by atoms with Crippen LogP contribution in [0.15, 0.2) is 47.1 Å². The van der Waals surface area contributed by atoms with Gasteiger partial charge < -0.3 is 0 Å². The van der Waals surface area contributed by atoms with Crippen LogP contribution >= 0.6 is 8.58 Å². The Morgan fingerprint density at radius 3 is 2.91 bits per heavy atom. The molecule has 56 valence electrons. The van der Waals surface area contributed by atoms with Crippen LogP contribution in [0.3, 0.4) is 0 Å². The predicted molar refractivity (Wildman–Crippen MR) is 52.0 cm³/mol. The van der Waals surface area contributed by atoms with Crippen molar-refractivity contribution in [2.45, 2.75) is 12.8 Å². The van der Waals surface area contributed by atoms with Gasteiger partial charge in [-0.1, -0.05) is 45.0 Å². The first-order valence-corrected chi connectivity index (χ1v) is 4.94. The minimum absolute atomic E-state index is 0.912. The van der Waals surface area contributed by atoms with Gasteiger partial charge in [-0.15, -0.1) is 0 Å². The molecule has 0 radical (unpaired) electrons. The Labute approximate surface area is 69.2 Å². The predicted octanol–water partition coefficient (Wildman–Crippen LogP) is 3.35. The van der Waals surface area contributed by atoms with Crippen LogP contribution in [-0.2, 0) is 0 Å². The SMILES string of the molecule is C1=CCC(PC2=CCC=C2)=C1. The molecule has 2 aliphatic carbocycles. The smallest absolute Gasteiger partial charge is 0.00892 e. The first-order chi connectivity index (χ1) is 5.45. The Balaban J connectivity index is 1.95. The van der Waals surface area contributed by atoms with Crippen LogP contribution in [-0.4, -0.2) is 0 Å². The standard InChI is InChI=1S/C10H11P/c1-2-6-9(5-1)11-10-7-3-4-8-10/h1-3,5,7-8,11H,4,6H2. The molecule has 0 heterocycles. The van der Waals surface area contributed by atoms with Gasteiger partial charge in [0.05, 0.1) is 0 Å². The molecule has 0 amide bonds. The van der Waals surface area contributed by atoms with Crippen molar-refractivity contribution in [3.05, 3.63) is 47.1 Å². The highest BCUT2D eigenvalue weighted by Gasteiger charge is 2.02. The minimum Gasteiger partial charge on any atom is -0.0801 e. The summed E-state index contributed by atoms with van der Waals surface area (Å²) in [6.45, 7) is 0. The van der Waals surface area contributed by atoms with E-state index in [4.69, 9.17) is 0 Å². The molecule has 11 heavy (non-hydrogen) atoms. The fraction of sp³-hybridized carbons (Fsp3) is 0.200. The van der Waals surface area contributed by atoms with E-state index in [1.807, 2.05) is 0 Å². The van der Waals surface area contributed by atoms with Gasteiger partial charge in [0.25, 0.3) is 0 Å². The second kappa shape index (κ2) is 3.19. The Morgan fingerprint density at radius 2 is 2.27 bits per heavy atom. The van der Waals surface area contributed by atoms with Crippen molar-refractivity contribution >= 4 is 8.58 Å². The van der Waals surface area contributed by atoms with Crippen LogP contribution < -0.4 is 0 Å². The van der Waals surface area contributed by atoms with E-state index in [9.17, 15) is 0 Å². The highest BCUT2D eigenvalue weighted by Crippen LogP contribution is 2.39. The number of allylic oxidation sites excluding steroid dienone is 8. The van der Waals surface area contributed by atoms with Crippen molar-refractivity contribution in [3.8, 4) is 0 Å². The van der Waals surface area contributed by atoms with Gasteiger partial charge >= 0.3 is 0 Å². The molecule has 0 aromatic carbocycles. The molecule has 1 atom stereocenters. The van der Waals surface area contributed by atoms with Crippen LogP contribution in [0.25, 0.3) is 0 Å². The van der Waals surface area contributed by atoms with E-state index >= 15 is 0 Å². The fourth-order valence-electron chi connectivity index (χ4n) is 1.28. The average Bonchev–Trinajstić information content (AvgIpc) is 2.60. The lowest BCUT2D eigenvalue weighted by Crippen LogP contribution is -1.66. The van der Waals surface area contributed by atoms with Gasteiger partial charge in [0.1, 0.15) is 0 Å². The molecular formula is C10H11P. The number of hydrogen-bond acceptors (Lipinski definition) is 0. The number of hydrogen-bond donors (Lipinski definition) is 0. The summed E-state index contributed by atoms with van der Waals surface area (Å²) in [4.78, 5) is 0. The summed E-state index contributed by atoms with van der Waals surface area (Å²) < 4.78 is 0. The normalized spacial score (nSPS) is 21.8. The van der Waals surface area contributed by atoms with Crippen molar-refractivity contribution in [2.75, 3.05) is 0 Å². The quantitative estimate of drug-likeness (QED) is 0.546. The van der Waals surface area contributed by atoms with E-state index in [1.54, 1.807) is 5.31 Å². The molecule has 0 spiro atoms. The molecule has 1 unspecified atom stereocenters. The van der Waals surface area contributed by atoms with Crippen LogP contribution in [0.2, 0.25) is 0 Å². The third kappa shape index (κ3) is 1.70. The summed E-state index contributed by atoms with van der Waals surface area (Å²) in [6, 6.07) is 0. The van der Waals surface area contributed by atoms with E-state index in [-0.39, 0.29) is 0 Å². The zero-order chi connectivity index (χ0) is 7.52. The third-order valence-electron chi connectivity index (χ3n) is 1.85. The lowest BCUT2D eigenvalue weighted by atomic mass is 10.5. The van der Waals surface area contributed by atoms with Gasteiger partial charge in [-0.3, -0.25) is 0 Å². The van der Waals surface area contributed by atoms with Gasteiger partial charge in [0.15, 0.2) is 0 Å². The summed E-state index contributed by atoms with van der Waals surface area (Å²) in [5, 5.41) is 3.09. The van der Waals surface area contributed by atoms with E-state index < -0.39 is 0 Å². The molecule has 0 aromatic heterocycles. The molecule has 0 bridgehead atoms. The van der Waals surface area contributed by atoms with E-state index in [0.29, 0.717) is 0 Å². The lowest BCUT2D eigenvalue weighted by Gasteiger charge is -1.99. The zero-order valence-corrected chi connectivity index (χ0v) is 7.38. The van der Waals surface area contributed by atoms with Crippen LogP contribution in [0, 0.1) is 0 Å². The minimum atomic E-state index is 0.912. The Morgan fingerprint density at radius 1 is 1.27 bits per heavy atom. The molecule has 0 saturated carbocycles. The molecule has 0 nitrogen and oxygen atoms in total. The highest BCUT2D eigenvalue weighted by molar-refractivity contribution is 7.48. The fourth-order valence-corrected chi connectivity index (χ4v) is 2.47. The molecule has 1 heteroatoms. The average molecular weight is 162 g/mol. The Bertz CT molecular complexity index is 267. The zero-order valence-electron chi connectivity index (χ0n) is 6.38. The maximum absolute atomic E-state index is 2.32. The molecule has 0 saturated heterocycles. The van der Waals surface area contributed by atoms with Crippen molar-refractivity contribution in [1.29, 1.82) is 0 Å². The maximum Gasteiger partial charge on any atom is -0.00892 e. The number of rotatable bonds is 2. The Hall–Kier alpha value is -0.610. The summed E-state index contributed by atoms with van der Waals surface area (Å²) in [6.07, 6.45) is 15.7. The first-order valence-electron chi connectivity index (χ1n) is 3.94. The monoisotopic (exact) mass is 162 g/mol. The van der Waals surface area contributed by atoms with Gasteiger partial charge in [-0.2, -0.15) is 0 Å². The molecule has 0 N–H and O–H groups in total. The molecule has 0 aromatic rings. The summed E-state index contributed by atoms with van der Waals surface area (Å²) in [5.41, 5.74) is 0. The van der Waals surface area contributed by atoms with Crippen LogP contribution in [0.4, 0.5) is 0 Å². The second-order valence-electron chi connectivity index (χ2n) is 2.75. The highest BCUT2D eigenvalue weighted by atomic mass is 31.1. The molecule has 0 aliphatic heterocycles. The topological polar surface area (TPSA) is 0 Å². The summed E-state index contributed by atoms with van der Waals surface area (Å²) in [7, 11) is 0.912. The van der Waals surface area contributed by atoms with Gasteiger partial charge in [0.2, 0.25) is 0 Å². The van der Waals surface area contributed by atoms with E-state index in [2.05, 4.69) is 36.5 Å². The maximum atomic E-state index is 2.32. The molecule has 0 fully saturated rings. The largest absolute Gasteiger partial charge is 0.0801 e. The summed E-state index contributed by atoms with van der Waals surface area (Å²) in [5.74, 6) is 0. The van der Waals surface area contributed by atoms with Crippen LogP contribution in [0.5, 0.6) is 0 Å². The van der Waals surface area contributed by atoms with E-state index in [0.717, 1.165) is 15.0 Å². The van der Waals surface area contributed by atoms with Crippen LogP contribution in [0.1, 0.15) is 12.8 Å². The lowest BCUT2D eigenvalue weighted by molar-refractivity contribution is 1.41. The van der Waals surface area contributed by atoms with Gasteiger partial charge in [0, 0.05) is 0 Å². The van der Waals surface area contributed by atoms with Crippen molar-refractivity contribution < 1.29 is 0 Å². The second-order valence-corrected chi connectivity index (χ2v) is 4.22. The van der Waals surface area contributed by atoms with Crippen molar-refractivity contribution in [1.82, 2.24) is 0 Å². The first kappa shape index (κ1) is 7.06. The molecule has 2 aliphatic rings. The summed E-state index contributed by atoms with van der Waals surface area (Å²) >= 11 is 0. The van der Waals surface area contributed by atoms with Crippen molar-refractivity contribution in [3.63, 3.8) is 0 Å². The van der Waals surface area contributed by atoms with Gasteiger partial charge in [-0.25, -0.2) is 0 Å². The molecular weight excluding hydrogens is 151 g/mol. The third-order valence-corrected chi connectivity index (χ3v) is 3.20. The van der Waals surface area contributed by atoms with E-state index in [1.165, 1.54) is 11.7 Å². The molecule has 2 rings (SSSR count). The van der Waals surface area contributed by atoms with Gasteiger partial charge in [-0.05, 0) is 23.5 Å². The van der Waals surface area contributed by atoms with Crippen molar-refractivity contribution in [2.24, 2.45) is 0 Å². The Kier molecular flexibility index (Phi) is 2.05.